The lowest BCUT2D eigenvalue weighted by Gasteiger charge is -2.21. The molecule has 0 radical (unpaired) electrons. The Kier molecular flexibility index (Phi) is 5.44. The number of aryl methyl sites for hydroxylation is 2. The van der Waals surface area contributed by atoms with Gasteiger partial charge in [0, 0.05) is 12.6 Å². The highest BCUT2D eigenvalue weighted by atomic mass is 19.1. The van der Waals surface area contributed by atoms with Crippen molar-refractivity contribution in [3.63, 3.8) is 0 Å². The number of halogens is 1. The topological polar surface area (TPSA) is 55.2 Å². The molecule has 1 aromatic heterocycles. The van der Waals surface area contributed by atoms with Crippen molar-refractivity contribution in [2.24, 2.45) is 12.5 Å². The van der Waals surface area contributed by atoms with Gasteiger partial charge in [-0.25, -0.2) is 9.58 Å². The van der Waals surface area contributed by atoms with Gasteiger partial charge in [-0.2, -0.15) is 9.49 Å². The third-order valence-corrected chi connectivity index (χ3v) is 3.93. The maximum atomic E-state index is 14.3. The molecule has 0 aliphatic heterocycles. The quantitative estimate of drug-likeness (QED) is 0.774. The molecule has 0 saturated heterocycles. The lowest BCUT2D eigenvalue weighted by molar-refractivity contribution is -0.106. The summed E-state index contributed by atoms with van der Waals surface area (Å²) in [7, 11) is 1.41. The van der Waals surface area contributed by atoms with Gasteiger partial charge in [0.15, 0.2) is 0 Å². The Morgan fingerprint density at radius 1 is 1.27 bits per heavy atom. The van der Waals surface area contributed by atoms with Gasteiger partial charge < -0.3 is 0 Å². The highest BCUT2D eigenvalue weighted by Crippen LogP contribution is 2.31. The van der Waals surface area contributed by atoms with Gasteiger partial charge in [-0.05, 0) is 30.9 Å². The lowest BCUT2D eigenvalue weighted by atomic mass is 9.91. The fourth-order valence-corrected chi connectivity index (χ4v) is 2.95. The molecule has 0 spiro atoms. The summed E-state index contributed by atoms with van der Waals surface area (Å²) in [6.07, 6.45) is 2.48. The SMILES string of the molecule is C/C(=C/C(C)(C)C)c1ccccc1N(C=O)C(=O)c1c(C)nn(C)c1F. The number of allylic oxidation sites excluding steroid dienone is 2. The van der Waals surface area contributed by atoms with Crippen LogP contribution in [0.3, 0.4) is 0 Å². The Bertz CT molecular complexity index is 876. The molecule has 0 N–H and O–H groups in total. The van der Waals surface area contributed by atoms with Gasteiger partial charge in [-0.1, -0.05) is 45.0 Å². The molecule has 2 amide bonds. The van der Waals surface area contributed by atoms with Crippen molar-refractivity contribution in [3.05, 3.63) is 53.1 Å². The minimum Gasteiger partial charge on any atom is -0.278 e. The molecule has 138 valence electrons. The number of para-hydroxylation sites is 1. The Labute approximate surface area is 153 Å². The number of anilines is 1. The predicted octanol–water partition coefficient (Wildman–Crippen LogP) is 4.12. The van der Waals surface area contributed by atoms with Gasteiger partial charge in [0.25, 0.3) is 5.91 Å². The second-order valence-electron chi connectivity index (χ2n) is 7.37. The van der Waals surface area contributed by atoms with Gasteiger partial charge in [0.1, 0.15) is 5.56 Å². The molecule has 26 heavy (non-hydrogen) atoms. The second-order valence-corrected chi connectivity index (χ2v) is 7.37. The van der Waals surface area contributed by atoms with Crippen molar-refractivity contribution in [3.8, 4) is 0 Å². The fraction of sp³-hybridized carbons (Fsp3) is 0.350. The molecule has 0 aliphatic rings. The average molecular weight is 357 g/mol. The molecule has 2 aromatic rings. The van der Waals surface area contributed by atoms with Crippen molar-refractivity contribution < 1.29 is 14.0 Å². The summed E-state index contributed by atoms with van der Waals surface area (Å²) < 4.78 is 15.3. The van der Waals surface area contributed by atoms with Crippen LogP contribution >= 0.6 is 0 Å². The number of benzene rings is 1. The van der Waals surface area contributed by atoms with Gasteiger partial charge in [-0.15, -0.1) is 0 Å². The van der Waals surface area contributed by atoms with Gasteiger partial charge in [-0.3, -0.25) is 9.59 Å². The van der Waals surface area contributed by atoms with Crippen LogP contribution in [0.1, 0.15) is 49.3 Å². The summed E-state index contributed by atoms with van der Waals surface area (Å²) in [4.78, 5) is 25.6. The van der Waals surface area contributed by atoms with Gasteiger partial charge in [0.05, 0.1) is 11.4 Å². The first kappa shape index (κ1) is 19.6. The number of amides is 2. The minimum atomic E-state index is -0.765. The molecule has 1 heterocycles. The van der Waals surface area contributed by atoms with E-state index in [4.69, 9.17) is 0 Å². The monoisotopic (exact) mass is 357 g/mol. The van der Waals surface area contributed by atoms with Crippen LogP contribution in [0.4, 0.5) is 10.1 Å². The normalized spacial score (nSPS) is 12.2. The van der Waals surface area contributed by atoms with Crippen molar-refractivity contribution in [1.82, 2.24) is 9.78 Å². The highest BCUT2D eigenvalue weighted by Gasteiger charge is 2.27. The molecule has 0 atom stereocenters. The van der Waals surface area contributed by atoms with Crippen LogP contribution in [0.15, 0.2) is 30.3 Å². The summed E-state index contributed by atoms with van der Waals surface area (Å²) in [6.45, 7) is 9.66. The first-order valence-electron chi connectivity index (χ1n) is 8.33. The van der Waals surface area contributed by atoms with Crippen molar-refractivity contribution in [2.45, 2.75) is 34.6 Å². The summed E-state index contributed by atoms with van der Waals surface area (Å²) in [6, 6.07) is 7.08. The molecular weight excluding hydrogens is 333 g/mol. The molecular formula is C20H24FN3O2. The van der Waals surface area contributed by atoms with Crippen LogP contribution in [0.2, 0.25) is 0 Å². The van der Waals surface area contributed by atoms with E-state index in [1.807, 2.05) is 19.1 Å². The van der Waals surface area contributed by atoms with E-state index >= 15 is 0 Å². The van der Waals surface area contributed by atoms with Gasteiger partial charge >= 0.3 is 0 Å². The zero-order chi connectivity index (χ0) is 19.6. The summed E-state index contributed by atoms with van der Waals surface area (Å²) in [5, 5.41) is 3.91. The molecule has 6 heteroatoms. The number of nitrogens with zero attached hydrogens (tertiary/aromatic N) is 3. The average Bonchev–Trinajstić information content (AvgIpc) is 2.79. The molecule has 0 fully saturated rings. The zero-order valence-electron chi connectivity index (χ0n) is 16.0. The Morgan fingerprint density at radius 3 is 2.38 bits per heavy atom. The van der Waals surface area contributed by atoms with E-state index < -0.39 is 11.9 Å². The number of aromatic nitrogens is 2. The molecule has 0 saturated carbocycles. The highest BCUT2D eigenvalue weighted by molar-refractivity contribution is 6.17. The second kappa shape index (κ2) is 7.23. The maximum Gasteiger partial charge on any atom is 0.271 e. The molecule has 2 rings (SSSR count). The first-order chi connectivity index (χ1) is 12.1. The first-order valence-corrected chi connectivity index (χ1v) is 8.33. The van der Waals surface area contributed by atoms with Crippen LogP contribution < -0.4 is 4.90 Å². The molecule has 0 bridgehead atoms. The third kappa shape index (κ3) is 3.90. The molecule has 1 aromatic carbocycles. The van der Waals surface area contributed by atoms with E-state index in [2.05, 4.69) is 31.9 Å². The fourth-order valence-electron chi connectivity index (χ4n) is 2.95. The van der Waals surface area contributed by atoms with Gasteiger partial charge in [0.2, 0.25) is 12.4 Å². The van der Waals surface area contributed by atoms with Crippen LogP contribution in [-0.2, 0) is 11.8 Å². The zero-order valence-corrected chi connectivity index (χ0v) is 16.0. The number of hydrogen-bond donors (Lipinski definition) is 0. The maximum absolute atomic E-state index is 14.3. The van der Waals surface area contributed by atoms with Crippen molar-refractivity contribution in [1.29, 1.82) is 0 Å². The van der Waals surface area contributed by atoms with E-state index in [0.717, 1.165) is 20.7 Å². The minimum absolute atomic E-state index is 0.0702. The van der Waals surface area contributed by atoms with Crippen LogP contribution in [0.25, 0.3) is 5.57 Å². The van der Waals surface area contributed by atoms with Crippen molar-refractivity contribution in [2.75, 3.05) is 4.90 Å². The molecule has 0 unspecified atom stereocenters. The van der Waals surface area contributed by atoms with E-state index in [-0.39, 0.29) is 16.7 Å². The van der Waals surface area contributed by atoms with E-state index in [1.165, 1.54) is 14.0 Å². The van der Waals surface area contributed by atoms with Crippen LogP contribution in [0, 0.1) is 18.3 Å². The van der Waals surface area contributed by atoms with Crippen LogP contribution in [-0.4, -0.2) is 22.1 Å². The predicted molar refractivity (Wildman–Crippen MR) is 100 cm³/mol. The lowest BCUT2D eigenvalue weighted by Crippen LogP contribution is -2.31. The smallest absolute Gasteiger partial charge is 0.271 e. The Morgan fingerprint density at radius 2 is 1.88 bits per heavy atom. The number of hydrogen-bond acceptors (Lipinski definition) is 3. The number of carbonyl (C=O) groups is 2. The summed E-state index contributed by atoms with van der Waals surface area (Å²) in [5.74, 6) is -1.50. The molecule has 0 aliphatic carbocycles. The third-order valence-electron chi connectivity index (χ3n) is 3.93. The van der Waals surface area contributed by atoms with E-state index in [0.29, 0.717) is 12.1 Å². The van der Waals surface area contributed by atoms with E-state index in [1.54, 1.807) is 12.1 Å². The van der Waals surface area contributed by atoms with Crippen molar-refractivity contribution >= 4 is 23.6 Å². The van der Waals surface area contributed by atoms with E-state index in [9.17, 15) is 14.0 Å². The number of rotatable bonds is 4. The Hall–Kier alpha value is -2.76. The number of carbonyl (C=O) groups excluding carboxylic acids is 2. The van der Waals surface area contributed by atoms with Crippen LogP contribution in [0.5, 0.6) is 0 Å². The largest absolute Gasteiger partial charge is 0.278 e. The standard InChI is InChI=1S/C20H24FN3O2/c1-13(11-20(3,4)5)15-9-7-8-10-16(15)24(12-25)19(26)17-14(2)22-23(6)18(17)21/h7-12H,1-6H3/b13-11-. The Balaban J connectivity index is 2.57. The molecule has 5 nitrogen and oxygen atoms in total. The summed E-state index contributed by atoms with van der Waals surface area (Å²) in [5.41, 5.74) is 2.04. The number of imide groups is 1. The summed E-state index contributed by atoms with van der Waals surface area (Å²) >= 11 is 0.